The van der Waals surface area contributed by atoms with Crippen molar-refractivity contribution >= 4 is 5.97 Å². The summed E-state index contributed by atoms with van der Waals surface area (Å²) in [7, 11) is 0. The predicted octanol–water partition coefficient (Wildman–Crippen LogP) is 2.71. The van der Waals surface area contributed by atoms with Gasteiger partial charge in [0.15, 0.2) is 23.3 Å². The molecule has 0 aliphatic rings. The Kier molecular flexibility index (Phi) is 4.61. The molecule has 0 atom stereocenters. The first kappa shape index (κ1) is 17.5. The van der Waals surface area contributed by atoms with Gasteiger partial charge < -0.3 is 4.74 Å². The lowest BCUT2D eigenvalue weighted by atomic mass is 10.1. The van der Waals surface area contributed by atoms with E-state index in [4.69, 9.17) is 0 Å². The number of esters is 1. The molecule has 3 aromatic rings. The molecule has 2 aromatic carbocycles. The second-order valence-corrected chi connectivity index (χ2v) is 4.93. The zero-order valence-corrected chi connectivity index (χ0v) is 12.6. The van der Waals surface area contributed by atoms with Crippen LogP contribution < -0.4 is 0 Å². The molecule has 1 aromatic heterocycles. The van der Waals surface area contributed by atoms with E-state index in [0.717, 1.165) is 0 Å². The SMILES string of the molecule is O=C(OCc1c(F)c(F)c(F)c(F)c1F)c1ccc(-n2cnnn2)cc1. The Morgan fingerprint density at radius 3 is 2.04 bits per heavy atom. The third-order valence-corrected chi connectivity index (χ3v) is 3.36. The van der Waals surface area contributed by atoms with Crippen molar-refractivity contribution in [2.24, 2.45) is 0 Å². The molecule has 3 rings (SSSR count). The molecule has 11 heteroatoms. The molecule has 6 nitrogen and oxygen atoms in total. The zero-order valence-electron chi connectivity index (χ0n) is 12.6. The quantitative estimate of drug-likeness (QED) is 0.306. The second kappa shape index (κ2) is 6.86. The minimum absolute atomic E-state index is 0.00861. The van der Waals surface area contributed by atoms with Crippen molar-refractivity contribution in [1.82, 2.24) is 20.2 Å². The van der Waals surface area contributed by atoms with Gasteiger partial charge in [0, 0.05) is 0 Å². The van der Waals surface area contributed by atoms with Crippen molar-refractivity contribution in [2.75, 3.05) is 0 Å². The van der Waals surface area contributed by atoms with Gasteiger partial charge in [-0.15, -0.1) is 5.10 Å². The molecule has 0 bridgehead atoms. The van der Waals surface area contributed by atoms with E-state index < -0.39 is 47.2 Å². The molecule has 0 saturated heterocycles. The lowest BCUT2D eigenvalue weighted by Gasteiger charge is -2.09. The highest BCUT2D eigenvalue weighted by Crippen LogP contribution is 2.24. The maximum absolute atomic E-state index is 13.5. The maximum Gasteiger partial charge on any atom is 0.338 e. The van der Waals surface area contributed by atoms with Crippen LogP contribution in [0.5, 0.6) is 0 Å². The summed E-state index contributed by atoms with van der Waals surface area (Å²) in [6, 6.07) is 5.56. The van der Waals surface area contributed by atoms with Crippen molar-refractivity contribution in [3.8, 4) is 5.69 Å². The molecule has 26 heavy (non-hydrogen) atoms. The summed E-state index contributed by atoms with van der Waals surface area (Å²) in [5, 5.41) is 10.5. The van der Waals surface area contributed by atoms with Crippen LogP contribution in [0.1, 0.15) is 15.9 Å². The van der Waals surface area contributed by atoms with Crippen LogP contribution in [0, 0.1) is 29.1 Å². The monoisotopic (exact) mass is 370 g/mol. The van der Waals surface area contributed by atoms with Crippen LogP contribution in [-0.2, 0) is 11.3 Å². The number of rotatable bonds is 4. The molecular weight excluding hydrogens is 363 g/mol. The first-order valence-electron chi connectivity index (χ1n) is 6.91. The number of nitrogens with zero attached hydrogens (tertiary/aromatic N) is 4. The molecule has 0 unspecified atom stereocenters. The first-order valence-corrected chi connectivity index (χ1v) is 6.91. The fraction of sp³-hybridized carbons (Fsp3) is 0.0667. The lowest BCUT2D eigenvalue weighted by molar-refractivity contribution is 0.0462. The van der Waals surface area contributed by atoms with Crippen LogP contribution in [0.15, 0.2) is 30.6 Å². The smallest absolute Gasteiger partial charge is 0.338 e. The standard InChI is InChI=1S/C15H7F5N4O2/c16-10-9(11(17)13(19)14(20)12(10)18)5-26-15(25)7-1-3-8(4-2-7)24-6-21-22-23-24/h1-4,6H,5H2. The Labute approximate surface area is 141 Å². The van der Waals surface area contributed by atoms with Crippen LogP contribution in [-0.4, -0.2) is 26.2 Å². The summed E-state index contributed by atoms with van der Waals surface area (Å²) in [5.74, 6) is -11.6. The Morgan fingerprint density at radius 2 is 1.50 bits per heavy atom. The summed E-state index contributed by atoms with van der Waals surface area (Å²) < 4.78 is 72.2. The van der Waals surface area contributed by atoms with E-state index in [2.05, 4.69) is 20.3 Å². The van der Waals surface area contributed by atoms with Crippen LogP contribution in [0.3, 0.4) is 0 Å². The first-order chi connectivity index (χ1) is 12.4. The fourth-order valence-electron chi connectivity index (χ4n) is 2.03. The van der Waals surface area contributed by atoms with Crippen LogP contribution in [0.2, 0.25) is 0 Å². The molecule has 0 fully saturated rings. The molecular formula is C15H7F5N4O2. The molecule has 0 amide bonds. The third-order valence-electron chi connectivity index (χ3n) is 3.36. The average Bonchev–Trinajstić information content (AvgIpc) is 3.19. The highest BCUT2D eigenvalue weighted by molar-refractivity contribution is 5.89. The molecule has 0 aliphatic heterocycles. The van der Waals surface area contributed by atoms with Gasteiger partial charge in [0.1, 0.15) is 12.9 Å². The summed E-state index contributed by atoms with van der Waals surface area (Å²) in [4.78, 5) is 11.9. The number of hydrogen-bond donors (Lipinski definition) is 0. The normalized spacial score (nSPS) is 10.8. The lowest BCUT2D eigenvalue weighted by Crippen LogP contribution is -2.12. The summed E-state index contributed by atoms with van der Waals surface area (Å²) in [5.41, 5.74) is -0.725. The van der Waals surface area contributed by atoms with Crippen molar-refractivity contribution in [3.05, 3.63) is 70.8 Å². The van der Waals surface area contributed by atoms with Crippen LogP contribution in [0.4, 0.5) is 22.0 Å². The molecule has 1 heterocycles. The molecule has 0 saturated carbocycles. The Bertz CT molecular complexity index is 932. The van der Waals surface area contributed by atoms with Gasteiger partial charge in [-0.2, -0.15) is 0 Å². The van der Waals surface area contributed by atoms with Gasteiger partial charge in [0.05, 0.1) is 16.8 Å². The van der Waals surface area contributed by atoms with E-state index in [1.807, 2.05) is 0 Å². The van der Waals surface area contributed by atoms with E-state index in [0.29, 0.717) is 5.69 Å². The topological polar surface area (TPSA) is 69.9 Å². The minimum atomic E-state index is -2.28. The molecule has 0 radical (unpaired) electrons. The number of tetrazole rings is 1. The van der Waals surface area contributed by atoms with E-state index in [1.165, 1.54) is 35.3 Å². The van der Waals surface area contributed by atoms with Gasteiger partial charge >= 0.3 is 5.97 Å². The zero-order chi connectivity index (χ0) is 18.8. The number of halogens is 5. The van der Waals surface area contributed by atoms with Gasteiger partial charge in [-0.25, -0.2) is 31.4 Å². The summed E-state index contributed by atoms with van der Waals surface area (Å²) >= 11 is 0. The second-order valence-electron chi connectivity index (χ2n) is 4.93. The van der Waals surface area contributed by atoms with E-state index in [-0.39, 0.29) is 5.56 Å². The number of hydrogen-bond acceptors (Lipinski definition) is 5. The van der Waals surface area contributed by atoms with Crippen molar-refractivity contribution < 1.29 is 31.5 Å². The number of carbonyl (C=O) groups excluding carboxylic acids is 1. The number of aromatic nitrogens is 4. The highest BCUT2D eigenvalue weighted by Gasteiger charge is 2.26. The van der Waals surface area contributed by atoms with E-state index >= 15 is 0 Å². The maximum atomic E-state index is 13.5. The molecule has 0 N–H and O–H groups in total. The Balaban J connectivity index is 1.76. The molecule has 134 valence electrons. The molecule has 0 aliphatic carbocycles. The average molecular weight is 370 g/mol. The van der Waals surface area contributed by atoms with Gasteiger partial charge in [-0.05, 0) is 34.7 Å². The van der Waals surface area contributed by atoms with E-state index in [9.17, 15) is 26.7 Å². The van der Waals surface area contributed by atoms with Gasteiger partial charge in [0.2, 0.25) is 5.82 Å². The third kappa shape index (κ3) is 3.10. The Hall–Kier alpha value is -3.37. The summed E-state index contributed by atoms with van der Waals surface area (Å²) in [6.07, 6.45) is 1.32. The van der Waals surface area contributed by atoms with Crippen molar-refractivity contribution in [2.45, 2.75) is 6.61 Å². The van der Waals surface area contributed by atoms with E-state index in [1.54, 1.807) is 0 Å². The fourth-order valence-corrected chi connectivity index (χ4v) is 2.03. The van der Waals surface area contributed by atoms with Gasteiger partial charge in [0.25, 0.3) is 0 Å². The van der Waals surface area contributed by atoms with Crippen LogP contribution >= 0.6 is 0 Å². The number of carbonyl (C=O) groups is 1. The molecule has 0 spiro atoms. The number of benzene rings is 2. The van der Waals surface area contributed by atoms with Crippen molar-refractivity contribution in [1.29, 1.82) is 0 Å². The van der Waals surface area contributed by atoms with Gasteiger partial charge in [-0.1, -0.05) is 0 Å². The number of ether oxygens (including phenoxy) is 1. The van der Waals surface area contributed by atoms with Crippen LogP contribution in [0.25, 0.3) is 5.69 Å². The minimum Gasteiger partial charge on any atom is -0.457 e. The highest BCUT2D eigenvalue weighted by atomic mass is 19.2. The van der Waals surface area contributed by atoms with Gasteiger partial charge in [-0.3, -0.25) is 0 Å². The summed E-state index contributed by atoms with van der Waals surface area (Å²) in [6.45, 7) is -1.13. The Morgan fingerprint density at radius 1 is 0.923 bits per heavy atom. The van der Waals surface area contributed by atoms with Crippen molar-refractivity contribution in [3.63, 3.8) is 0 Å². The largest absolute Gasteiger partial charge is 0.457 e. The predicted molar refractivity (Wildman–Crippen MR) is 74.5 cm³/mol.